The summed E-state index contributed by atoms with van der Waals surface area (Å²) in [6.45, 7) is 2.33. The number of amides is 1. The summed E-state index contributed by atoms with van der Waals surface area (Å²) in [7, 11) is 0. The molecule has 1 amide bonds. The van der Waals surface area contributed by atoms with E-state index in [1.807, 2.05) is 37.3 Å². The van der Waals surface area contributed by atoms with Gasteiger partial charge in [0.1, 0.15) is 0 Å². The summed E-state index contributed by atoms with van der Waals surface area (Å²) in [6.07, 6.45) is 1.72. The number of alkyl halides is 1. The number of halogens is 1. The summed E-state index contributed by atoms with van der Waals surface area (Å²) in [4.78, 5) is 11.6. The third-order valence-corrected chi connectivity index (χ3v) is 3.37. The molecule has 0 aliphatic rings. The van der Waals surface area contributed by atoms with Gasteiger partial charge >= 0.3 is 0 Å². The van der Waals surface area contributed by atoms with E-state index in [0.29, 0.717) is 12.4 Å². The number of aromatic nitrogens is 2. The van der Waals surface area contributed by atoms with E-state index in [-0.39, 0.29) is 11.8 Å². The van der Waals surface area contributed by atoms with Crippen molar-refractivity contribution in [1.82, 2.24) is 15.5 Å². The molecule has 0 saturated carbocycles. The minimum Gasteiger partial charge on any atom is -0.352 e. The van der Waals surface area contributed by atoms with Gasteiger partial charge in [-0.1, -0.05) is 31.2 Å². The van der Waals surface area contributed by atoms with Gasteiger partial charge in [-0.2, -0.15) is 5.10 Å². The first-order chi connectivity index (χ1) is 9.20. The maximum absolute atomic E-state index is 11.6. The molecule has 1 aromatic carbocycles. The molecule has 4 nitrogen and oxygen atoms in total. The summed E-state index contributed by atoms with van der Waals surface area (Å²) in [5.41, 5.74) is 3.10. The normalized spacial score (nSPS) is 12.1. The number of hydrogen-bond donors (Lipinski definition) is 2. The highest BCUT2D eigenvalue weighted by Gasteiger charge is 2.10. The summed E-state index contributed by atoms with van der Waals surface area (Å²) in [5, 5.41) is 9.69. The number of carbonyl (C=O) groups excluding carboxylic acids is 1. The number of benzene rings is 1. The number of rotatable bonds is 5. The van der Waals surface area contributed by atoms with Crippen LogP contribution < -0.4 is 5.32 Å². The zero-order chi connectivity index (χ0) is 13.7. The molecule has 1 atom stereocenters. The molecule has 2 N–H and O–H groups in total. The number of carbonyl (C=O) groups is 1. The van der Waals surface area contributed by atoms with E-state index in [1.54, 1.807) is 6.20 Å². The van der Waals surface area contributed by atoms with Crippen LogP contribution in [0, 0.1) is 5.92 Å². The number of hydrogen-bond acceptors (Lipinski definition) is 2. The molecule has 5 heteroatoms. The van der Waals surface area contributed by atoms with Crippen LogP contribution in [0.2, 0.25) is 0 Å². The number of nitrogens with one attached hydrogen (secondary N) is 2. The number of nitrogens with zero attached hydrogens (tertiary/aromatic N) is 1. The van der Waals surface area contributed by atoms with E-state index in [4.69, 9.17) is 11.6 Å². The van der Waals surface area contributed by atoms with Crippen molar-refractivity contribution in [2.75, 3.05) is 5.88 Å². The minimum atomic E-state index is -0.161. The van der Waals surface area contributed by atoms with Gasteiger partial charge < -0.3 is 5.32 Å². The molecular weight excluding hydrogens is 262 g/mol. The van der Waals surface area contributed by atoms with Crippen molar-refractivity contribution in [3.8, 4) is 11.3 Å². The van der Waals surface area contributed by atoms with E-state index in [1.165, 1.54) is 0 Å². The molecule has 0 aliphatic carbocycles. The lowest BCUT2D eigenvalue weighted by atomic mass is 10.1. The van der Waals surface area contributed by atoms with Crippen LogP contribution in [0.3, 0.4) is 0 Å². The summed E-state index contributed by atoms with van der Waals surface area (Å²) in [6, 6.07) is 9.89. The molecule has 0 radical (unpaired) electrons. The molecule has 0 fully saturated rings. The fourth-order valence-corrected chi connectivity index (χ4v) is 1.79. The molecule has 1 heterocycles. The van der Waals surface area contributed by atoms with Crippen molar-refractivity contribution < 1.29 is 4.79 Å². The van der Waals surface area contributed by atoms with E-state index < -0.39 is 0 Å². The lowest BCUT2D eigenvalue weighted by Gasteiger charge is -2.09. The standard InChI is InChI=1S/C14H16ClN3O/c1-10(8-15)14(19)16-9-11-2-4-12(5-3-11)13-6-7-17-18-13/h2-7,10H,8-9H2,1H3,(H,16,19)(H,17,18). The van der Waals surface area contributed by atoms with Gasteiger partial charge in [0.25, 0.3) is 0 Å². The summed E-state index contributed by atoms with van der Waals surface area (Å²) < 4.78 is 0. The second-order valence-electron chi connectivity index (χ2n) is 4.44. The van der Waals surface area contributed by atoms with Crippen molar-refractivity contribution in [2.24, 2.45) is 5.92 Å². The smallest absolute Gasteiger partial charge is 0.224 e. The quantitative estimate of drug-likeness (QED) is 0.825. The van der Waals surface area contributed by atoms with Crippen LogP contribution in [-0.2, 0) is 11.3 Å². The SMILES string of the molecule is CC(CCl)C(=O)NCc1ccc(-c2ccn[nH]2)cc1. The zero-order valence-electron chi connectivity index (χ0n) is 10.7. The van der Waals surface area contributed by atoms with E-state index in [0.717, 1.165) is 16.8 Å². The van der Waals surface area contributed by atoms with Gasteiger partial charge in [0.05, 0.1) is 5.69 Å². The highest BCUT2D eigenvalue weighted by atomic mass is 35.5. The van der Waals surface area contributed by atoms with Crippen LogP contribution in [0.25, 0.3) is 11.3 Å². The first kappa shape index (κ1) is 13.6. The third kappa shape index (κ3) is 3.58. The molecule has 1 aromatic heterocycles. The maximum Gasteiger partial charge on any atom is 0.224 e. The van der Waals surface area contributed by atoms with Gasteiger partial charge in [0.2, 0.25) is 5.91 Å². The van der Waals surface area contributed by atoms with Crippen LogP contribution in [0.5, 0.6) is 0 Å². The highest BCUT2D eigenvalue weighted by Crippen LogP contribution is 2.16. The largest absolute Gasteiger partial charge is 0.352 e. The average Bonchev–Trinajstić information content (AvgIpc) is 2.98. The predicted octanol–water partition coefficient (Wildman–Crippen LogP) is 2.57. The van der Waals surface area contributed by atoms with Crippen LogP contribution >= 0.6 is 11.6 Å². The summed E-state index contributed by atoms with van der Waals surface area (Å²) in [5.74, 6) is 0.156. The molecule has 2 aromatic rings. The Bertz CT molecular complexity index is 522. The molecule has 1 unspecified atom stereocenters. The van der Waals surface area contributed by atoms with E-state index >= 15 is 0 Å². The Morgan fingerprint density at radius 2 is 2.11 bits per heavy atom. The number of H-pyrrole nitrogens is 1. The Labute approximate surface area is 117 Å². The molecular formula is C14H16ClN3O. The maximum atomic E-state index is 11.6. The molecule has 0 aliphatic heterocycles. The lowest BCUT2D eigenvalue weighted by Crippen LogP contribution is -2.29. The van der Waals surface area contributed by atoms with Gasteiger partial charge in [-0.25, -0.2) is 0 Å². The minimum absolute atomic E-state index is 0.0207. The first-order valence-electron chi connectivity index (χ1n) is 6.13. The van der Waals surface area contributed by atoms with Gasteiger partial charge in [-0.15, -0.1) is 11.6 Å². The molecule has 100 valence electrons. The van der Waals surface area contributed by atoms with Crippen LogP contribution in [0.4, 0.5) is 0 Å². The van der Waals surface area contributed by atoms with Crippen molar-refractivity contribution in [1.29, 1.82) is 0 Å². The van der Waals surface area contributed by atoms with Gasteiger partial charge in [-0.05, 0) is 17.2 Å². The van der Waals surface area contributed by atoms with Crippen LogP contribution in [-0.4, -0.2) is 22.0 Å². The second-order valence-corrected chi connectivity index (χ2v) is 4.75. The Hall–Kier alpha value is -1.81. The Balaban J connectivity index is 1.94. The van der Waals surface area contributed by atoms with Crippen molar-refractivity contribution in [3.05, 3.63) is 42.1 Å². The number of aromatic amines is 1. The Morgan fingerprint density at radius 3 is 2.68 bits per heavy atom. The fraction of sp³-hybridized carbons (Fsp3) is 0.286. The highest BCUT2D eigenvalue weighted by molar-refractivity contribution is 6.19. The Morgan fingerprint density at radius 1 is 1.37 bits per heavy atom. The molecule has 0 bridgehead atoms. The molecule has 0 saturated heterocycles. The fourth-order valence-electron chi connectivity index (χ4n) is 1.65. The van der Waals surface area contributed by atoms with Gasteiger partial charge in [0.15, 0.2) is 0 Å². The van der Waals surface area contributed by atoms with E-state index in [2.05, 4.69) is 15.5 Å². The predicted molar refractivity (Wildman–Crippen MR) is 75.8 cm³/mol. The lowest BCUT2D eigenvalue weighted by molar-refractivity contribution is -0.124. The van der Waals surface area contributed by atoms with Crippen molar-refractivity contribution >= 4 is 17.5 Å². The third-order valence-electron chi connectivity index (χ3n) is 2.91. The van der Waals surface area contributed by atoms with E-state index in [9.17, 15) is 4.79 Å². The van der Waals surface area contributed by atoms with Gasteiger partial charge in [-0.3, -0.25) is 9.89 Å². The molecule has 0 spiro atoms. The van der Waals surface area contributed by atoms with Crippen molar-refractivity contribution in [2.45, 2.75) is 13.5 Å². The average molecular weight is 278 g/mol. The topological polar surface area (TPSA) is 57.8 Å². The zero-order valence-corrected chi connectivity index (χ0v) is 11.4. The monoisotopic (exact) mass is 277 g/mol. The molecule has 19 heavy (non-hydrogen) atoms. The van der Waals surface area contributed by atoms with Gasteiger partial charge in [0, 0.05) is 24.5 Å². The molecule has 2 rings (SSSR count). The van der Waals surface area contributed by atoms with Crippen LogP contribution in [0.15, 0.2) is 36.5 Å². The van der Waals surface area contributed by atoms with Crippen molar-refractivity contribution in [3.63, 3.8) is 0 Å². The summed E-state index contributed by atoms with van der Waals surface area (Å²) >= 11 is 5.64. The second kappa shape index (κ2) is 6.38. The Kier molecular flexibility index (Phi) is 4.58. The van der Waals surface area contributed by atoms with Crippen LogP contribution in [0.1, 0.15) is 12.5 Å². The first-order valence-corrected chi connectivity index (χ1v) is 6.66.